The fraction of sp³-hybridized carbons (Fsp3) is 0.909. The van der Waals surface area contributed by atoms with Crippen LogP contribution in [0, 0.1) is 0 Å². The Kier molecular flexibility index (Phi) is 11.9. The quantitative estimate of drug-likeness (QED) is 0.539. The van der Waals surface area contributed by atoms with Crippen LogP contribution in [-0.2, 0) is 19.0 Å². The van der Waals surface area contributed by atoms with Crippen LogP contribution in [0.2, 0.25) is 0 Å². The van der Waals surface area contributed by atoms with E-state index in [1.54, 1.807) is 0 Å². The van der Waals surface area contributed by atoms with E-state index in [1.165, 1.54) is 6.92 Å². The zero-order chi connectivity index (χ0) is 12.1. The van der Waals surface area contributed by atoms with Crippen molar-refractivity contribution in [3.05, 3.63) is 0 Å². The molecule has 0 aliphatic heterocycles. The average molecular weight is 235 g/mol. The first-order chi connectivity index (χ1) is 7.77. The SMILES string of the molecule is CCCOCCOCCOCCNC(C)=O.[HH]. The number of ether oxygens (including phenoxy) is 3. The Morgan fingerprint density at radius 3 is 2.00 bits per heavy atom. The lowest BCUT2D eigenvalue weighted by molar-refractivity contribution is -0.119. The van der Waals surface area contributed by atoms with Crippen molar-refractivity contribution < 1.29 is 20.4 Å². The van der Waals surface area contributed by atoms with Gasteiger partial charge in [-0.1, -0.05) is 6.92 Å². The Hall–Kier alpha value is -0.650. The van der Waals surface area contributed by atoms with Gasteiger partial charge in [0.15, 0.2) is 0 Å². The van der Waals surface area contributed by atoms with Gasteiger partial charge in [-0.25, -0.2) is 0 Å². The molecule has 0 heterocycles. The van der Waals surface area contributed by atoms with E-state index in [1.807, 2.05) is 0 Å². The molecule has 0 atom stereocenters. The molecule has 0 rings (SSSR count). The Bertz CT molecular complexity index is 170. The van der Waals surface area contributed by atoms with Crippen molar-refractivity contribution in [1.82, 2.24) is 5.32 Å². The molecule has 0 saturated heterocycles. The van der Waals surface area contributed by atoms with Crippen LogP contribution in [0.15, 0.2) is 0 Å². The Balaban J connectivity index is 0. The second-order valence-corrected chi connectivity index (χ2v) is 3.32. The third kappa shape index (κ3) is 13.4. The molecule has 0 aliphatic rings. The highest BCUT2D eigenvalue weighted by Crippen LogP contribution is 1.82. The lowest BCUT2D eigenvalue weighted by atomic mass is 10.5. The lowest BCUT2D eigenvalue weighted by Gasteiger charge is -2.06. The summed E-state index contributed by atoms with van der Waals surface area (Å²) in [5, 5.41) is 2.65. The average Bonchev–Trinajstić information content (AvgIpc) is 2.25. The van der Waals surface area contributed by atoms with Crippen molar-refractivity contribution in [3.63, 3.8) is 0 Å². The van der Waals surface area contributed by atoms with E-state index < -0.39 is 0 Å². The summed E-state index contributed by atoms with van der Waals surface area (Å²) in [5.41, 5.74) is 0. The number of amides is 1. The van der Waals surface area contributed by atoms with Gasteiger partial charge in [0.2, 0.25) is 5.91 Å². The molecule has 0 saturated carbocycles. The van der Waals surface area contributed by atoms with Crippen LogP contribution in [0.1, 0.15) is 21.7 Å². The summed E-state index contributed by atoms with van der Waals surface area (Å²) in [6.45, 7) is 7.78. The standard InChI is InChI=1S/C11H23NO4.H2/c1-3-5-14-7-9-16-10-8-15-6-4-12-11(2)13;/h3-10H2,1-2H3,(H,12,13);1H. The molecular weight excluding hydrogens is 210 g/mol. The number of rotatable bonds is 11. The number of nitrogens with one attached hydrogen (secondary N) is 1. The van der Waals surface area contributed by atoms with E-state index in [0.29, 0.717) is 39.6 Å². The van der Waals surface area contributed by atoms with Crippen LogP contribution in [0.25, 0.3) is 0 Å². The maximum atomic E-state index is 10.5. The molecule has 98 valence electrons. The van der Waals surface area contributed by atoms with Crippen molar-refractivity contribution in [2.24, 2.45) is 0 Å². The third-order valence-corrected chi connectivity index (χ3v) is 1.71. The van der Waals surface area contributed by atoms with Crippen molar-refractivity contribution in [3.8, 4) is 0 Å². The normalized spacial score (nSPS) is 10.4. The fourth-order valence-electron chi connectivity index (χ4n) is 0.985. The molecule has 5 heteroatoms. The molecule has 0 radical (unpaired) electrons. The second-order valence-electron chi connectivity index (χ2n) is 3.32. The smallest absolute Gasteiger partial charge is 0.216 e. The molecule has 0 bridgehead atoms. The molecule has 1 N–H and O–H groups in total. The van der Waals surface area contributed by atoms with Crippen LogP contribution < -0.4 is 5.32 Å². The van der Waals surface area contributed by atoms with Gasteiger partial charge in [0.1, 0.15) is 0 Å². The minimum Gasteiger partial charge on any atom is -0.379 e. The Morgan fingerprint density at radius 1 is 1.00 bits per heavy atom. The van der Waals surface area contributed by atoms with E-state index in [4.69, 9.17) is 14.2 Å². The predicted molar refractivity (Wildman–Crippen MR) is 63.5 cm³/mol. The number of carbonyl (C=O) groups excluding carboxylic acids is 1. The Morgan fingerprint density at radius 2 is 1.50 bits per heavy atom. The van der Waals surface area contributed by atoms with E-state index in [0.717, 1.165) is 13.0 Å². The molecule has 0 aromatic carbocycles. The molecule has 16 heavy (non-hydrogen) atoms. The van der Waals surface area contributed by atoms with Crippen molar-refractivity contribution in [2.45, 2.75) is 20.3 Å². The van der Waals surface area contributed by atoms with Gasteiger partial charge in [0, 0.05) is 21.5 Å². The number of carbonyl (C=O) groups is 1. The molecule has 0 aliphatic carbocycles. The van der Waals surface area contributed by atoms with Gasteiger partial charge in [-0.2, -0.15) is 0 Å². The van der Waals surface area contributed by atoms with Crippen molar-refractivity contribution in [2.75, 3.05) is 46.2 Å². The zero-order valence-electron chi connectivity index (χ0n) is 10.3. The lowest BCUT2D eigenvalue weighted by Crippen LogP contribution is -2.25. The Labute approximate surface area is 98.9 Å². The summed E-state index contributed by atoms with van der Waals surface area (Å²) in [6.07, 6.45) is 1.03. The summed E-state index contributed by atoms with van der Waals surface area (Å²) in [5.74, 6) is -0.0343. The largest absolute Gasteiger partial charge is 0.379 e. The highest BCUT2D eigenvalue weighted by Gasteiger charge is 1.92. The molecule has 0 spiro atoms. The summed E-state index contributed by atoms with van der Waals surface area (Å²) < 4.78 is 15.7. The second kappa shape index (κ2) is 12.4. The predicted octanol–water partition coefficient (Wildman–Crippen LogP) is 0.828. The molecule has 0 aromatic rings. The summed E-state index contributed by atoms with van der Waals surface area (Å²) in [6, 6.07) is 0. The zero-order valence-corrected chi connectivity index (χ0v) is 10.3. The van der Waals surface area contributed by atoms with E-state index in [-0.39, 0.29) is 7.33 Å². The van der Waals surface area contributed by atoms with Gasteiger partial charge in [-0.05, 0) is 6.42 Å². The number of hydrogen-bond donors (Lipinski definition) is 1. The van der Waals surface area contributed by atoms with Gasteiger partial charge in [0.05, 0.1) is 33.0 Å². The molecule has 5 nitrogen and oxygen atoms in total. The maximum absolute atomic E-state index is 10.5. The van der Waals surface area contributed by atoms with Crippen LogP contribution in [0.3, 0.4) is 0 Å². The topological polar surface area (TPSA) is 56.8 Å². The first-order valence-corrected chi connectivity index (χ1v) is 5.75. The first-order valence-electron chi connectivity index (χ1n) is 5.75. The first kappa shape index (κ1) is 15.3. The van der Waals surface area contributed by atoms with Gasteiger partial charge >= 0.3 is 0 Å². The van der Waals surface area contributed by atoms with Gasteiger partial charge in [-0.3, -0.25) is 4.79 Å². The van der Waals surface area contributed by atoms with Crippen LogP contribution in [0.4, 0.5) is 0 Å². The highest BCUT2D eigenvalue weighted by molar-refractivity contribution is 5.72. The monoisotopic (exact) mass is 235 g/mol. The van der Waals surface area contributed by atoms with Crippen LogP contribution in [-0.4, -0.2) is 52.1 Å². The van der Waals surface area contributed by atoms with Gasteiger partial charge in [-0.15, -0.1) is 0 Å². The number of hydrogen-bond acceptors (Lipinski definition) is 4. The van der Waals surface area contributed by atoms with E-state index >= 15 is 0 Å². The van der Waals surface area contributed by atoms with Gasteiger partial charge < -0.3 is 19.5 Å². The maximum Gasteiger partial charge on any atom is 0.216 e. The van der Waals surface area contributed by atoms with Crippen LogP contribution >= 0.6 is 0 Å². The highest BCUT2D eigenvalue weighted by atomic mass is 16.5. The molecule has 1 amide bonds. The van der Waals surface area contributed by atoms with Crippen molar-refractivity contribution >= 4 is 5.91 Å². The van der Waals surface area contributed by atoms with Crippen LogP contribution in [0.5, 0.6) is 0 Å². The molecule has 0 aromatic heterocycles. The molecule has 0 unspecified atom stereocenters. The third-order valence-electron chi connectivity index (χ3n) is 1.71. The minimum absolute atomic E-state index is 0. The summed E-state index contributed by atoms with van der Waals surface area (Å²) in [7, 11) is 0. The van der Waals surface area contributed by atoms with Crippen molar-refractivity contribution in [1.29, 1.82) is 0 Å². The fourth-order valence-corrected chi connectivity index (χ4v) is 0.985. The molecule has 0 fully saturated rings. The summed E-state index contributed by atoms with van der Waals surface area (Å²) >= 11 is 0. The molecular formula is C11H25NO4. The van der Waals surface area contributed by atoms with E-state index in [2.05, 4.69) is 12.2 Å². The summed E-state index contributed by atoms with van der Waals surface area (Å²) in [4.78, 5) is 10.5. The minimum atomic E-state index is -0.0343. The van der Waals surface area contributed by atoms with E-state index in [9.17, 15) is 4.79 Å². The van der Waals surface area contributed by atoms with Gasteiger partial charge in [0.25, 0.3) is 0 Å².